The molecule has 1 aliphatic rings. The van der Waals surface area contributed by atoms with Crippen LogP contribution in [0.4, 0.5) is 19.3 Å². The second-order valence-electron chi connectivity index (χ2n) is 7.46. The molecule has 1 saturated heterocycles. The van der Waals surface area contributed by atoms with Crippen molar-refractivity contribution in [2.75, 3.05) is 18.4 Å². The molecular formula is C18H24F2N6O3S. The van der Waals surface area contributed by atoms with Gasteiger partial charge in [-0.15, -0.1) is 0 Å². The van der Waals surface area contributed by atoms with Gasteiger partial charge in [-0.1, -0.05) is 0 Å². The summed E-state index contributed by atoms with van der Waals surface area (Å²) in [5.74, 6) is -0.824. The van der Waals surface area contributed by atoms with E-state index in [1.54, 1.807) is 6.07 Å². The molecule has 0 aromatic carbocycles. The lowest BCUT2D eigenvalue weighted by atomic mass is 9.92. The summed E-state index contributed by atoms with van der Waals surface area (Å²) in [5.41, 5.74) is 0.410. The van der Waals surface area contributed by atoms with Crippen molar-refractivity contribution in [3.05, 3.63) is 30.2 Å². The van der Waals surface area contributed by atoms with E-state index in [-0.39, 0.29) is 42.7 Å². The van der Waals surface area contributed by atoms with Crippen LogP contribution in [-0.2, 0) is 16.9 Å². The Bertz CT molecular complexity index is 1000. The number of nitrogens with one attached hydrogen (secondary N) is 1. The molecule has 0 saturated carbocycles. The summed E-state index contributed by atoms with van der Waals surface area (Å²) in [4.78, 5) is 13.9. The van der Waals surface area contributed by atoms with E-state index in [0.29, 0.717) is 5.69 Å². The first-order chi connectivity index (χ1) is 14.0. The van der Waals surface area contributed by atoms with Gasteiger partial charge in [0.05, 0.1) is 23.8 Å². The van der Waals surface area contributed by atoms with Gasteiger partial charge >= 0.3 is 6.03 Å². The molecule has 0 bridgehead atoms. The van der Waals surface area contributed by atoms with Crippen molar-refractivity contribution < 1.29 is 22.0 Å². The molecular weight excluding hydrogens is 418 g/mol. The van der Waals surface area contributed by atoms with E-state index in [4.69, 9.17) is 0 Å². The van der Waals surface area contributed by atoms with Crippen LogP contribution in [0, 0.1) is 5.92 Å². The van der Waals surface area contributed by atoms with Crippen molar-refractivity contribution in [2.45, 2.75) is 42.9 Å². The lowest BCUT2D eigenvalue weighted by molar-refractivity contribution is 0.117. The average molecular weight is 442 g/mol. The fourth-order valence-corrected chi connectivity index (χ4v) is 5.25. The number of alkyl halides is 2. The second kappa shape index (κ2) is 8.25. The van der Waals surface area contributed by atoms with E-state index in [1.807, 2.05) is 0 Å². The van der Waals surface area contributed by atoms with Gasteiger partial charge < -0.3 is 10.2 Å². The van der Waals surface area contributed by atoms with E-state index >= 15 is 4.39 Å². The lowest BCUT2D eigenvalue weighted by Crippen LogP contribution is -2.48. The lowest BCUT2D eigenvalue weighted by Gasteiger charge is -2.37. The first-order valence-corrected chi connectivity index (χ1v) is 11.0. The zero-order valence-electron chi connectivity index (χ0n) is 16.9. The Balaban J connectivity index is 1.70. The number of sulfone groups is 1. The number of nitrogens with zero attached hydrogens (tertiary/aromatic N) is 5. The van der Waals surface area contributed by atoms with Crippen LogP contribution in [0.3, 0.4) is 0 Å². The molecule has 12 heteroatoms. The number of likely N-dealkylation sites (tertiary alicyclic amines) is 1. The number of aryl methyl sites for hydroxylation is 1. The molecule has 30 heavy (non-hydrogen) atoms. The van der Waals surface area contributed by atoms with Gasteiger partial charge in [-0.3, -0.25) is 4.68 Å². The van der Waals surface area contributed by atoms with E-state index in [9.17, 15) is 17.6 Å². The van der Waals surface area contributed by atoms with Crippen LogP contribution in [0.25, 0.3) is 0 Å². The number of amides is 2. The molecule has 9 nitrogen and oxygen atoms in total. The number of piperidine rings is 1. The quantitative estimate of drug-likeness (QED) is 0.762. The van der Waals surface area contributed by atoms with Gasteiger partial charge in [-0.25, -0.2) is 22.0 Å². The number of anilines is 1. The van der Waals surface area contributed by atoms with Gasteiger partial charge in [-0.2, -0.15) is 15.3 Å². The Labute approximate surface area is 173 Å². The van der Waals surface area contributed by atoms with Crippen LogP contribution in [0.1, 0.15) is 38.6 Å². The van der Waals surface area contributed by atoms with E-state index in [0.717, 1.165) is 17.7 Å². The standard InChI is InChI=1S/C18H24F2N6O3S/c1-12(19)15-10-16(25(3)24-15)30(28,29)18(2,20)13-5-8-26(9-6-13)17(27)23-14-4-7-21-22-11-14/h4,7,10-13H,5-6,8-9H2,1-3H3,(H,21,23,27). The Hall–Kier alpha value is -2.63. The second-order valence-corrected chi connectivity index (χ2v) is 9.68. The first kappa shape index (κ1) is 22.1. The number of aromatic nitrogens is 4. The molecule has 2 unspecified atom stereocenters. The van der Waals surface area contributed by atoms with Crippen molar-refractivity contribution in [2.24, 2.45) is 13.0 Å². The third kappa shape index (κ3) is 4.13. The SMILES string of the molecule is CC(F)c1cc(S(=O)(=O)C(C)(F)C2CCN(C(=O)Nc3ccnnc3)CC2)n(C)n1. The van der Waals surface area contributed by atoms with Crippen molar-refractivity contribution >= 4 is 21.6 Å². The summed E-state index contributed by atoms with van der Waals surface area (Å²) in [5, 5.41) is 10.9. The molecule has 1 fully saturated rings. The summed E-state index contributed by atoms with van der Waals surface area (Å²) in [6.07, 6.45) is 1.70. The van der Waals surface area contributed by atoms with Crippen LogP contribution in [0.2, 0.25) is 0 Å². The van der Waals surface area contributed by atoms with Crippen molar-refractivity contribution in [3.8, 4) is 0 Å². The summed E-state index contributed by atoms with van der Waals surface area (Å²) in [6.45, 7) is 2.65. The fourth-order valence-electron chi connectivity index (χ4n) is 3.51. The molecule has 0 radical (unpaired) electrons. The van der Waals surface area contributed by atoms with E-state index in [2.05, 4.69) is 20.6 Å². The van der Waals surface area contributed by atoms with Gasteiger partial charge in [0.2, 0.25) is 14.8 Å². The summed E-state index contributed by atoms with van der Waals surface area (Å²) in [7, 11) is -3.09. The Morgan fingerprint density at radius 3 is 2.53 bits per heavy atom. The predicted octanol–water partition coefficient (Wildman–Crippen LogP) is 2.64. The van der Waals surface area contributed by atoms with Gasteiger partial charge in [0.1, 0.15) is 6.17 Å². The zero-order chi connectivity index (χ0) is 22.1. The molecule has 1 N–H and O–H groups in total. The molecule has 2 atom stereocenters. The van der Waals surface area contributed by atoms with E-state index < -0.39 is 26.9 Å². The van der Waals surface area contributed by atoms with Gasteiger partial charge in [0.25, 0.3) is 0 Å². The number of carbonyl (C=O) groups excluding carboxylic acids is 1. The Morgan fingerprint density at radius 2 is 2.00 bits per heavy atom. The molecule has 2 amide bonds. The van der Waals surface area contributed by atoms with E-state index in [1.165, 1.54) is 31.3 Å². The van der Waals surface area contributed by atoms with Crippen LogP contribution in [0.15, 0.2) is 29.6 Å². The number of urea groups is 1. The molecule has 3 rings (SSSR count). The number of hydrogen-bond donors (Lipinski definition) is 1. The third-order valence-corrected chi connectivity index (χ3v) is 7.73. The third-order valence-electron chi connectivity index (χ3n) is 5.41. The normalized spacial score (nSPS) is 18.6. The number of rotatable bonds is 5. The molecule has 164 valence electrons. The Morgan fingerprint density at radius 1 is 1.33 bits per heavy atom. The predicted molar refractivity (Wildman–Crippen MR) is 105 cm³/mol. The van der Waals surface area contributed by atoms with Crippen LogP contribution in [-0.4, -0.2) is 57.4 Å². The fraction of sp³-hybridized carbons (Fsp3) is 0.556. The van der Waals surface area contributed by atoms with Crippen LogP contribution in [0.5, 0.6) is 0 Å². The average Bonchev–Trinajstić information content (AvgIpc) is 3.11. The maximum atomic E-state index is 15.6. The van der Waals surface area contributed by atoms with Crippen molar-refractivity contribution in [1.29, 1.82) is 0 Å². The monoisotopic (exact) mass is 442 g/mol. The summed E-state index contributed by atoms with van der Waals surface area (Å²) in [6, 6.07) is 2.28. The molecule has 0 aliphatic carbocycles. The zero-order valence-corrected chi connectivity index (χ0v) is 17.7. The molecule has 0 spiro atoms. The highest BCUT2D eigenvalue weighted by molar-refractivity contribution is 7.92. The van der Waals surface area contributed by atoms with Crippen LogP contribution < -0.4 is 5.32 Å². The van der Waals surface area contributed by atoms with Gasteiger partial charge in [0, 0.05) is 32.1 Å². The smallest absolute Gasteiger partial charge is 0.321 e. The minimum absolute atomic E-state index is 0.0658. The molecule has 2 aromatic rings. The molecule has 2 aromatic heterocycles. The minimum atomic E-state index is -4.43. The number of hydrogen-bond acceptors (Lipinski definition) is 6. The largest absolute Gasteiger partial charge is 0.325 e. The van der Waals surface area contributed by atoms with Crippen molar-refractivity contribution in [3.63, 3.8) is 0 Å². The summed E-state index contributed by atoms with van der Waals surface area (Å²) >= 11 is 0. The maximum absolute atomic E-state index is 15.6. The van der Waals surface area contributed by atoms with Gasteiger partial charge in [-0.05, 0) is 32.8 Å². The molecule has 1 aliphatic heterocycles. The highest BCUT2D eigenvalue weighted by Gasteiger charge is 2.50. The van der Waals surface area contributed by atoms with Crippen molar-refractivity contribution in [1.82, 2.24) is 24.9 Å². The minimum Gasteiger partial charge on any atom is -0.325 e. The maximum Gasteiger partial charge on any atom is 0.321 e. The molecule has 3 heterocycles. The van der Waals surface area contributed by atoms with Gasteiger partial charge in [0.15, 0.2) is 5.03 Å². The highest BCUT2D eigenvalue weighted by Crippen LogP contribution is 2.39. The summed E-state index contributed by atoms with van der Waals surface area (Å²) < 4.78 is 56.2. The highest BCUT2D eigenvalue weighted by atomic mass is 32.2. The number of carbonyl (C=O) groups is 1. The topological polar surface area (TPSA) is 110 Å². The number of halogens is 2. The van der Waals surface area contributed by atoms with Crippen LogP contribution >= 0.6 is 0 Å². The Kier molecular flexibility index (Phi) is 6.06. The first-order valence-electron chi connectivity index (χ1n) is 9.48.